The summed E-state index contributed by atoms with van der Waals surface area (Å²) in [5.74, 6) is 0. The molecule has 1 aromatic heterocycles. The Balaban J connectivity index is 1.86. The quantitative estimate of drug-likeness (QED) is 0.471. The molecule has 1 heterocycles. The lowest BCUT2D eigenvalue weighted by Crippen LogP contribution is -2.53. The maximum absolute atomic E-state index is 12.9. The minimum Gasteiger partial charge on any atom is -0.369 e. The Hall–Kier alpha value is -2.57. The number of hydrogen-bond acceptors (Lipinski definition) is 4. The van der Waals surface area contributed by atoms with E-state index in [4.69, 9.17) is 0 Å². The molecule has 0 bridgehead atoms. The van der Waals surface area contributed by atoms with Crippen LogP contribution >= 0.6 is 11.3 Å². The highest BCUT2D eigenvalue weighted by molar-refractivity contribution is 7.94. The summed E-state index contributed by atoms with van der Waals surface area (Å²) >= 11 is 0.938. The van der Waals surface area contributed by atoms with Crippen LogP contribution in [0.15, 0.2) is 70.9 Å². The molecule has 0 radical (unpaired) electrons. The van der Waals surface area contributed by atoms with Crippen molar-refractivity contribution in [1.29, 1.82) is 0 Å². The number of alkyl halides is 6. The largest absolute Gasteiger partial charge is 0.430 e. The van der Waals surface area contributed by atoms with E-state index < -0.39 is 33.5 Å². The fraction of sp³-hybridized carbons (Fsp3) is 0.158. The molecule has 0 fully saturated rings. The molecular weight excluding hydrogens is 468 g/mol. The van der Waals surface area contributed by atoms with Crippen molar-refractivity contribution < 1.29 is 39.9 Å². The van der Waals surface area contributed by atoms with Crippen LogP contribution < -0.4 is 4.72 Å². The van der Waals surface area contributed by atoms with Crippen LogP contribution in [-0.4, -0.2) is 25.9 Å². The normalized spacial score (nSPS) is 13.3. The third-order valence-electron chi connectivity index (χ3n) is 4.28. The van der Waals surface area contributed by atoms with Gasteiger partial charge in [-0.2, -0.15) is 26.3 Å². The number of rotatable bonds is 5. The molecule has 2 N–H and O–H groups in total. The lowest BCUT2D eigenvalue weighted by Gasteiger charge is -2.32. The molecule has 166 valence electrons. The van der Waals surface area contributed by atoms with Gasteiger partial charge in [0.2, 0.25) is 0 Å². The molecule has 0 spiro atoms. The predicted octanol–water partition coefficient (Wildman–Crippen LogP) is 5.53. The van der Waals surface area contributed by atoms with Crippen molar-refractivity contribution in [1.82, 2.24) is 0 Å². The maximum atomic E-state index is 12.9. The van der Waals surface area contributed by atoms with Crippen molar-refractivity contribution in [3.05, 3.63) is 72.3 Å². The van der Waals surface area contributed by atoms with Crippen LogP contribution in [0.2, 0.25) is 0 Å². The molecule has 3 aromatic rings. The summed E-state index contributed by atoms with van der Waals surface area (Å²) < 4.78 is 105. The first-order valence-electron chi connectivity index (χ1n) is 8.40. The van der Waals surface area contributed by atoms with Gasteiger partial charge < -0.3 is 5.11 Å². The van der Waals surface area contributed by atoms with E-state index in [9.17, 15) is 39.9 Å². The van der Waals surface area contributed by atoms with E-state index in [0.717, 1.165) is 16.9 Å². The van der Waals surface area contributed by atoms with Gasteiger partial charge >= 0.3 is 12.4 Å². The third kappa shape index (κ3) is 4.41. The van der Waals surface area contributed by atoms with Crippen LogP contribution in [0, 0.1) is 0 Å². The number of sulfonamides is 1. The highest BCUT2D eigenvalue weighted by atomic mass is 32.2. The van der Waals surface area contributed by atoms with Crippen LogP contribution in [0.4, 0.5) is 32.0 Å². The van der Waals surface area contributed by atoms with Crippen molar-refractivity contribution in [3.63, 3.8) is 0 Å². The molecule has 0 amide bonds. The van der Waals surface area contributed by atoms with Crippen molar-refractivity contribution in [2.24, 2.45) is 0 Å². The Morgan fingerprint density at radius 2 is 1.32 bits per heavy atom. The Morgan fingerprint density at radius 1 is 0.774 bits per heavy atom. The maximum Gasteiger partial charge on any atom is 0.430 e. The zero-order valence-electron chi connectivity index (χ0n) is 15.2. The highest BCUT2D eigenvalue weighted by Gasteiger charge is 2.71. The van der Waals surface area contributed by atoms with E-state index in [1.54, 1.807) is 36.4 Å². The summed E-state index contributed by atoms with van der Waals surface area (Å²) in [6.45, 7) is 0. The van der Waals surface area contributed by atoms with Gasteiger partial charge in [-0.3, -0.25) is 4.72 Å². The summed E-state index contributed by atoms with van der Waals surface area (Å²) in [5, 5.41) is 9.38. The Kier molecular flexibility index (Phi) is 5.84. The smallest absolute Gasteiger partial charge is 0.369 e. The first kappa shape index (κ1) is 23.1. The average molecular weight is 481 g/mol. The van der Waals surface area contributed by atoms with Gasteiger partial charge in [-0.1, -0.05) is 42.5 Å². The number of aliphatic hydroxyl groups is 1. The van der Waals surface area contributed by atoms with E-state index in [-0.39, 0.29) is 9.90 Å². The number of anilines is 1. The number of halogens is 6. The van der Waals surface area contributed by atoms with Crippen LogP contribution in [0.25, 0.3) is 10.4 Å². The van der Waals surface area contributed by atoms with Crippen LogP contribution in [0.1, 0.15) is 5.56 Å². The fourth-order valence-corrected chi connectivity index (χ4v) is 5.07. The van der Waals surface area contributed by atoms with Gasteiger partial charge in [-0.05, 0) is 29.8 Å². The lowest BCUT2D eigenvalue weighted by molar-refractivity contribution is -0.376. The number of hydrogen-bond donors (Lipinski definition) is 2. The monoisotopic (exact) mass is 481 g/mol. The van der Waals surface area contributed by atoms with E-state index >= 15 is 0 Å². The lowest BCUT2D eigenvalue weighted by atomic mass is 9.92. The molecular formula is C19H13F6NO3S2. The number of nitrogens with one attached hydrogen (secondary N) is 1. The minimum atomic E-state index is -6.03. The molecule has 31 heavy (non-hydrogen) atoms. The van der Waals surface area contributed by atoms with Gasteiger partial charge in [-0.15, -0.1) is 11.3 Å². The second-order valence-electron chi connectivity index (χ2n) is 6.37. The number of benzene rings is 2. The van der Waals surface area contributed by atoms with Gasteiger partial charge in [0.05, 0.1) is 0 Å². The van der Waals surface area contributed by atoms with Crippen LogP contribution in [0.3, 0.4) is 0 Å². The molecule has 0 saturated carbocycles. The molecule has 0 saturated heterocycles. The van der Waals surface area contributed by atoms with Crippen LogP contribution in [0.5, 0.6) is 0 Å². The minimum absolute atomic E-state index is 0.0995. The summed E-state index contributed by atoms with van der Waals surface area (Å²) in [4.78, 5) is 0.650. The van der Waals surface area contributed by atoms with Gasteiger partial charge in [0.25, 0.3) is 15.6 Å². The molecule has 0 aliphatic carbocycles. The molecule has 0 atom stereocenters. The molecule has 12 heteroatoms. The van der Waals surface area contributed by atoms with E-state index in [2.05, 4.69) is 4.72 Å². The fourth-order valence-electron chi connectivity index (χ4n) is 2.70. The van der Waals surface area contributed by atoms with Crippen molar-refractivity contribution in [3.8, 4) is 10.4 Å². The van der Waals surface area contributed by atoms with E-state index in [1.807, 2.05) is 0 Å². The first-order chi connectivity index (χ1) is 14.3. The second kappa shape index (κ2) is 7.84. The van der Waals surface area contributed by atoms with Crippen molar-refractivity contribution in [2.75, 3.05) is 4.72 Å². The summed E-state index contributed by atoms with van der Waals surface area (Å²) in [6, 6.07) is 13.9. The van der Waals surface area contributed by atoms with Gasteiger partial charge in [-0.25, -0.2) is 8.42 Å². The summed E-state index contributed by atoms with van der Waals surface area (Å²) in [7, 11) is -4.14. The summed E-state index contributed by atoms with van der Waals surface area (Å²) in [6.07, 6.45) is -12.1. The molecule has 4 nitrogen and oxygen atoms in total. The van der Waals surface area contributed by atoms with Crippen molar-refractivity contribution in [2.45, 2.75) is 22.2 Å². The zero-order valence-corrected chi connectivity index (χ0v) is 16.8. The average Bonchev–Trinajstić information content (AvgIpc) is 3.18. The molecule has 0 aliphatic rings. The van der Waals surface area contributed by atoms with E-state index in [0.29, 0.717) is 29.1 Å². The number of thiophene rings is 1. The van der Waals surface area contributed by atoms with Gasteiger partial charge in [0, 0.05) is 16.1 Å². The molecule has 0 unspecified atom stereocenters. The highest BCUT2D eigenvalue weighted by Crippen LogP contribution is 2.50. The third-order valence-corrected chi connectivity index (χ3v) is 7.29. The van der Waals surface area contributed by atoms with Gasteiger partial charge in [0.1, 0.15) is 4.21 Å². The second-order valence-corrected chi connectivity index (χ2v) is 9.37. The standard InChI is InChI=1S/C19H13F6NO3S2/c20-18(21,22)17(27,19(23,24)25)13-6-8-14(9-7-13)26-31(28,29)16-11-10-15(30-16)12-4-2-1-3-5-12/h1-11,26-27H. The SMILES string of the molecule is O=S(=O)(Nc1ccc(C(O)(C(F)(F)F)C(F)(F)F)cc1)c1ccc(-c2ccccc2)s1. The topological polar surface area (TPSA) is 66.4 Å². The Labute approximate surface area is 176 Å². The van der Waals surface area contributed by atoms with Crippen molar-refractivity contribution >= 4 is 27.0 Å². The molecule has 0 aliphatic heterocycles. The molecule has 3 rings (SSSR count). The Bertz CT molecular complexity index is 1140. The predicted molar refractivity (Wildman–Crippen MR) is 103 cm³/mol. The van der Waals surface area contributed by atoms with Crippen LogP contribution in [-0.2, 0) is 15.6 Å². The molecule has 2 aromatic carbocycles. The van der Waals surface area contributed by atoms with E-state index in [1.165, 1.54) is 6.07 Å². The Morgan fingerprint density at radius 3 is 1.84 bits per heavy atom. The first-order valence-corrected chi connectivity index (χ1v) is 10.7. The summed E-state index contributed by atoms with van der Waals surface area (Å²) in [5.41, 5.74) is -6.07. The zero-order chi connectivity index (χ0) is 23.1. The van der Waals surface area contributed by atoms with Gasteiger partial charge in [0.15, 0.2) is 0 Å².